The minimum atomic E-state index is -3.19. The van der Waals surface area contributed by atoms with E-state index in [1.54, 1.807) is 24.0 Å². The van der Waals surface area contributed by atoms with Gasteiger partial charge in [0, 0.05) is 5.75 Å². The largest absolute Gasteiger partial charge is 0.440 e. The van der Waals surface area contributed by atoms with Crippen molar-refractivity contribution >= 4 is 35.5 Å². The number of hydrogen-bond donors (Lipinski definition) is 0. The molecule has 2 rings (SSSR count). The summed E-state index contributed by atoms with van der Waals surface area (Å²) in [4.78, 5) is 0. The van der Waals surface area contributed by atoms with Gasteiger partial charge in [0.15, 0.2) is 5.75 Å². The number of allylic oxidation sites excluding steroid dienone is 4. The second kappa shape index (κ2) is 8.25. The minimum absolute atomic E-state index is 0.0265. The molecule has 8 heteroatoms. The Bertz CT molecular complexity index is 603. The Labute approximate surface area is 140 Å². The Morgan fingerprint density at radius 2 is 2.36 bits per heavy atom. The third kappa shape index (κ3) is 4.92. The maximum Gasteiger partial charge on any atom is 0.440 e. The molecule has 5 nitrogen and oxygen atoms in total. The van der Waals surface area contributed by atoms with Crippen LogP contribution >= 0.6 is 29.8 Å². The van der Waals surface area contributed by atoms with E-state index in [9.17, 15) is 4.57 Å². The number of hydrogen-bond acceptors (Lipinski definition) is 5. The second-order valence-corrected chi connectivity index (χ2v) is 9.33. The van der Waals surface area contributed by atoms with Crippen LogP contribution < -0.4 is 4.52 Å². The van der Waals surface area contributed by atoms with Crippen molar-refractivity contribution in [2.75, 3.05) is 12.4 Å². The Morgan fingerprint density at radius 1 is 1.55 bits per heavy atom. The summed E-state index contributed by atoms with van der Waals surface area (Å²) in [7, 11) is 0. The van der Waals surface area contributed by atoms with E-state index in [2.05, 4.69) is 5.10 Å². The second-order valence-electron chi connectivity index (χ2n) is 4.65. The first-order valence-corrected chi connectivity index (χ1v) is 10.8. The highest BCUT2D eigenvalue weighted by molar-refractivity contribution is 8.55. The average Bonchev–Trinajstić information content (AvgIpc) is 2.94. The Morgan fingerprint density at radius 3 is 3.00 bits per heavy atom. The normalized spacial score (nSPS) is 20.5. The van der Waals surface area contributed by atoms with Gasteiger partial charge in [0.1, 0.15) is 0 Å². The van der Waals surface area contributed by atoms with Gasteiger partial charge in [0.05, 0.1) is 30.1 Å². The zero-order valence-electron chi connectivity index (χ0n) is 12.6. The van der Waals surface area contributed by atoms with E-state index in [1.807, 2.05) is 25.2 Å². The zero-order valence-corrected chi connectivity index (χ0v) is 15.1. The van der Waals surface area contributed by atoms with Crippen molar-refractivity contribution in [3.05, 3.63) is 30.6 Å². The Balaban J connectivity index is 2.07. The van der Waals surface area contributed by atoms with Gasteiger partial charge in [0.25, 0.3) is 0 Å². The summed E-state index contributed by atoms with van der Waals surface area (Å²) in [5, 5.41) is 4.26. The van der Waals surface area contributed by atoms with Gasteiger partial charge in [-0.15, -0.1) is 11.6 Å². The van der Waals surface area contributed by atoms with Crippen molar-refractivity contribution in [1.82, 2.24) is 9.78 Å². The number of alkyl halides is 1. The quantitative estimate of drug-likeness (QED) is 0.483. The van der Waals surface area contributed by atoms with Crippen molar-refractivity contribution in [3.8, 4) is 5.75 Å². The third-order valence-corrected chi connectivity index (χ3v) is 7.09. The Hall–Kier alpha value is -0.680. The molecule has 1 aromatic heterocycles. The average molecular weight is 363 g/mol. The van der Waals surface area contributed by atoms with Gasteiger partial charge in [0.2, 0.25) is 0 Å². The maximum absolute atomic E-state index is 12.6. The van der Waals surface area contributed by atoms with Crippen LogP contribution in [0.15, 0.2) is 30.6 Å². The predicted octanol–water partition coefficient (Wildman–Crippen LogP) is 4.96. The molecule has 0 saturated carbocycles. The molecule has 0 amide bonds. The van der Waals surface area contributed by atoms with Gasteiger partial charge in [-0.25, -0.2) is 9.25 Å². The molecule has 0 aromatic carbocycles. The lowest BCUT2D eigenvalue weighted by Crippen LogP contribution is -2.02. The molecule has 2 atom stereocenters. The van der Waals surface area contributed by atoms with E-state index in [4.69, 9.17) is 20.6 Å². The van der Waals surface area contributed by atoms with Crippen molar-refractivity contribution in [3.63, 3.8) is 0 Å². The summed E-state index contributed by atoms with van der Waals surface area (Å²) in [6.07, 6.45) is 10.7. The number of halogens is 1. The van der Waals surface area contributed by atoms with Crippen LogP contribution in [0.1, 0.15) is 26.7 Å². The predicted molar refractivity (Wildman–Crippen MR) is 92.5 cm³/mol. The third-order valence-electron chi connectivity index (χ3n) is 2.81. The molecule has 0 spiro atoms. The van der Waals surface area contributed by atoms with Crippen LogP contribution in [0.2, 0.25) is 0 Å². The fraction of sp³-hybridized carbons (Fsp3) is 0.500. The fourth-order valence-corrected chi connectivity index (χ4v) is 5.42. The molecule has 0 aliphatic heterocycles. The monoisotopic (exact) mass is 362 g/mol. The van der Waals surface area contributed by atoms with E-state index in [0.717, 1.165) is 24.3 Å². The summed E-state index contributed by atoms with van der Waals surface area (Å²) in [5.41, 5.74) is 0.916. The smallest absolute Gasteiger partial charge is 0.414 e. The fourth-order valence-electron chi connectivity index (χ4n) is 1.83. The van der Waals surface area contributed by atoms with E-state index in [1.165, 1.54) is 11.4 Å². The van der Waals surface area contributed by atoms with Gasteiger partial charge in [-0.3, -0.25) is 4.52 Å². The highest BCUT2D eigenvalue weighted by Crippen LogP contribution is 2.60. The maximum atomic E-state index is 12.6. The van der Waals surface area contributed by atoms with Gasteiger partial charge in [-0.1, -0.05) is 19.1 Å². The highest BCUT2D eigenvalue weighted by atomic mass is 35.5. The molecule has 0 saturated heterocycles. The molecule has 122 valence electrons. The standard InChI is InChI=1S/C14H20ClN2O3PS/c1-3-9-22-21(18,19-4-2)20-14-10-16-17(11-14)13-7-5-12(15)6-8-13/h5,7-8,10-12H,3-4,6,9H2,1-2H3. The summed E-state index contributed by atoms with van der Waals surface area (Å²) in [5.74, 6) is 1.15. The van der Waals surface area contributed by atoms with E-state index in [-0.39, 0.29) is 5.38 Å². The molecular formula is C14H20ClN2O3PS. The summed E-state index contributed by atoms with van der Waals surface area (Å²) in [6, 6.07) is 0. The number of aromatic nitrogens is 2. The van der Waals surface area contributed by atoms with Gasteiger partial charge >= 0.3 is 6.80 Å². The van der Waals surface area contributed by atoms with Crippen LogP contribution in [0.5, 0.6) is 5.75 Å². The molecule has 0 N–H and O–H groups in total. The van der Waals surface area contributed by atoms with E-state index >= 15 is 0 Å². The lowest BCUT2D eigenvalue weighted by Gasteiger charge is -2.16. The zero-order chi connectivity index (χ0) is 16.0. The van der Waals surface area contributed by atoms with Crippen LogP contribution in [0.4, 0.5) is 0 Å². The number of rotatable bonds is 8. The van der Waals surface area contributed by atoms with E-state index in [0.29, 0.717) is 12.4 Å². The van der Waals surface area contributed by atoms with Crippen LogP contribution in [-0.2, 0) is 9.09 Å². The van der Waals surface area contributed by atoms with Crippen molar-refractivity contribution in [2.45, 2.75) is 32.1 Å². The number of nitrogens with zero attached hydrogens (tertiary/aromatic N) is 2. The molecule has 1 heterocycles. The van der Waals surface area contributed by atoms with Gasteiger partial charge in [-0.05, 0) is 37.2 Å². The molecule has 1 aliphatic rings. The van der Waals surface area contributed by atoms with Crippen LogP contribution in [-0.4, -0.2) is 27.5 Å². The molecular weight excluding hydrogens is 343 g/mol. The van der Waals surface area contributed by atoms with E-state index < -0.39 is 6.80 Å². The molecule has 1 aromatic rings. The first-order valence-electron chi connectivity index (χ1n) is 7.22. The van der Waals surface area contributed by atoms with Crippen LogP contribution in [0.25, 0.3) is 5.70 Å². The lowest BCUT2D eigenvalue weighted by atomic mass is 10.1. The molecule has 2 unspecified atom stereocenters. The summed E-state index contributed by atoms with van der Waals surface area (Å²) >= 11 is 7.22. The molecule has 22 heavy (non-hydrogen) atoms. The summed E-state index contributed by atoms with van der Waals surface area (Å²) < 4.78 is 25.2. The van der Waals surface area contributed by atoms with Crippen molar-refractivity contribution < 1.29 is 13.6 Å². The van der Waals surface area contributed by atoms with Gasteiger partial charge in [-0.2, -0.15) is 5.10 Å². The molecule has 0 radical (unpaired) electrons. The molecule has 0 bridgehead atoms. The summed E-state index contributed by atoms with van der Waals surface area (Å²) in [6.45, 7) is 0.970. The molecule has 0 fully saturated rings. The van der Waals surface area contributed by atoms with Crippen LogP contribution in [0, 0.1) is 0 Å². The Kier molecular flexibility index (Phi) is 6.63. The van der Waals surface area contributed by atoms with Crippen molar-refractivity contribution in [1.29, 1.82) is 0 Å². The van der Waals surface area contributed by atoms with Gasteiger partial charge < -0.3 is 4.52 Å². The molecule has 1 aliphatic carbocycles. The van der Waals surface area contributed by atoms with Crippen LogP contribution in [0.3, 0.4) is 0 Å². The topological polar surface area (TPSA) is 53.4 Å². The first-order chi connectivity index (χ1) is 10.6. The highest BCUT2D eigenvalue weighted by Gasteiger charge is 2.27. The van der Waals surface area contributed by atoms with Crippen molar-refractivity contribution in [2.24, 2.45) is 0 Å². The lowest BCUT2D eigenvalue weighted by molar-refractivity contribution is 0.296. The SMILES string of the molecule is CCCSP(=O)(OCC)Oc1cnn(C2=CCC(Cl)C=C2)c1. The first kappa shape index (κ1) is 17.7. The minimum Gasteiger partial charge on any atom is -0.414 e.